The van der Waals surface area contributed by atoms with Crippen molar-refractivity contribution in [3.8, 4) is 5.75 Å². The topological polar surface area (TPSA) is 76.6 Å². The van der Waals surface area contributed by atoms with E-state index in [1.807, 2.05) is 4.90 Å². The second kappa shape index (κ2) is 7.56. The lowest BCUT2D eigenvalue weighted by Gasteiger charge is -2.26. The largest absolute Gasteiger partial charge is 0.573 e. The maximum Gasteiger partial charge on any atom is 0.573 e. The molecule has 1 saturated heterocycles. The van der Waals surface area contributed by atoms with Gasteiger partial charge in [0.15, 0.2) is 0 Å². The van der Waals surface area contributed by atoms with Gasteiger partial charge in [0.05, 0.1) is 36.9 Å². The normalized spacial score (nSPS) is 14.8. The molecule has 0 radical (unpaired) electrons. The molecule has 3 rings (SSSR count). The van der Waals surface area contributed by atoms with Crippen molar-refractivity contribution < 1.29 is 27.4 Å². The molecule has 1 amide bonds. The van der Waals surface area contributed by atoms with Gasteiger partial charge in [-0.3, -0.25) is 4.79 Å². The first-order chi connectivity index (χ1) is 12.4. The van der Waals surface area contributed by atoms with Gasteiger partial charge in [-0.15, -0.1) is 13.2 Å². The average molecular weight is 368 g/mol. The van der Waals surface area contributed by atoms with Crippen LogP contribution in [0, 0.1) is 0 Å². The van der Waals surface area contributed by atoms with E-state index < -0.39 is 18.0 Å². The number of nitrogens with zero attached hydrogens (tertiary/aromatic N) is 3. The molecule has 0 spiro atoms. The van der Waals surface area contributed by atoms with E-state index in [2.05, 4.69) is 20.0 Å². The standard InChI is InChI=1S/C16H15F3N4O3/c17-16(18,19)26-13-4-2-1-3-12(13)14(24)22-11-9-20-15(21-10-11)23-5-7-25-8-6-23/h1-4,9-10H,5-8H2,(H,22,24). The first kappa shape index (κ1) is 17.9. The van der Waals surface area contributed by atoms with E-state index >= 15 is 0 Å². The summed E-state index contributed by atoms with van der Waals surface area (Å²) in [7, 11) is 0. The SMILES string of the molecule is O=C(Nc1cnc(N2CCOCC2)nc1)c1ccccc1OC(F)(F)F. The molecule has 1 aromatic carbocycles. The third-order valence-electron chi connectivity index (χ3n) is 3.55. The number of halogens is 3. The van der Waals surface area contributed by atoms with E-state index in [1.54, 1.807) is 0 Å². The minimum atomic E-state index is -4.89. The number of para-hydroxylation sites is 1. The molecule has 10 heteroatoms. The van der Waals surface area contributed by atoms with Crippen LogP contribution in [-0.2, 0) is 4.74 Å². The predicted octanol–water partition coefficient (Wildman–Crippen LogP) is 2.46. The number of morpholine rings is 1. The van der Waals surface area contributed by atoms with Gasteiger partial charge < -0.3 is 19.7 Å². The van der Waals surface area contributed by atoms with Gasteiger partial charge in [0.2, 0.25) is 5.95 Å². The van der Waals surface area contributed by atoms with Crippen molar-refractivity contribution in [2.45, 2.75) is 6.36 Å². The van der Waals surface area contributed by atoms with Crippen LogP contribution in [0.25, 0.3) is 0 Å². The average Bonchev–Trinajstić information content (AvgIpc) is 2.62. The number of rotatable bonds is 4. The number of carbonyl (C=O) groups is 1. The molecule has 0 aliphatic carbocycles. The number of alkyl halides is 3. The maximum atomic E-state index is 12.4. The number of benzene rings is 1. The van der Waals surface area contributed by atoms with E-state index in [0.717, 1.165) is 6.07 Å². The summed E-state index contributed by atoms with van der Waals surface area (Å²) in [4.78, 5) is 22.5. The number of hydrogen-bond donors (Lipinski definition) is 1. The number of ether oxygens (including phenoxy) is 2. The van der Waals surface area contributed by atoms with E-state index in [0.29, 0.717) is 32.3 Å². The van der Waals surface area contributed by atoms with Crippen molar-refractivity contribution in [1.82, 2.24) is 9.97 Å². The van der Waals surface area contributed by atoms with Crippen molar-refractivity contribution in [2.24, 2.45) is 0 Å². The summed E-state index contributed by atoms with van der Waals surface area (Å²) in [6.45, 7) is 2.48. The fourth-order valence-electron chi connectivity index (χ4n) is 2.38. The van der Waals surface area contributed by atoms with Gasteiger partial charge in [-0.05, 0) is 12.1 Å². The van der Waals surface area contributed by atoms with Crippen LogP contribution in [0.1, 0.15) is 10.4 Å². The molecular formula is C16H15F3N4O3. The van der Waals surface area contributed by atoms with E-state index in [1.165, 1.54) is 30.6 Å². The molecule has 0 saturated carbocycles. The number of nitrogens with one attached hydrogen (secondary N) is 1. The quantitative estimate of drug-likeness (QED) is 0.894. The zero-order chi connectivity index (χ0) is 18.6. The molecule has 1 fully saturated rings. The minimum Gasteiger partial charge on any atom is -0.405 e. The molecule has 1 aromatic heterocycles. The molecule has 2 heterocycles. The summed E-state index contributed by atoms with van der Waals surface area (Å²) in [5.41, 5.74) is 0.0101. The molecule has 2 aromatic rings. The Hall–Kier alpha value is -2.88. The lowest BCUT2D eigenvalue weighted by atomic mass is 10.2. The minimum absolute atomic E-state index is 0.248. The third kappa shape index (κ3) is 4.60. The van der Waals surface area contributed by atoms with Crippen LogP contribution in [-0.4, -0.2) is 48.5 Å². The second-order valence-electron chi connectivity index (χ2n) is 5.37. The molecular weight excluding hydrogens is 353 g/mol. The van der Waals surface area contributed by atoms with Crippen molar-refractivity contribution in [2.75, 3.05) is 36.5 Å². The summed E-state index contributed by atoms with van der Waals surface area (Å²) in [6.07, 6.45) is -2.11. The molecule has 0 unspecified atom stereocenters. The predicted molar refractivity (Wildman–Crippen MR) is 86.1 cm³/mol. The van der Waals surface area contributed by atoms with Gasteiger partial charge >= 0.3 is 6.36 Å². The summed E-state index contributed by atoms with van der Waals surface area (Å²) in [5.74, 6) is -0.844. The number of anilines is 2. The van der Waals surface area contributed by atoms with Crippen LogP contribution in [0.2, 0.25) is 0 Å². The molecule has 0 bridgehead atoms. The summed E-state index contributed by atoms with van der Waals surface area (Å²) in [5, 5.41) is 2.46. The van der Waals surface area contributed by atoms with E-state index in [4.69, 9.17) is 4.74 Å². The lowest BCUT2D eigenvalue weighted by molar-refractivity contribution is -0.274. The summed E-state index contributed by atoms with van der Waals surface area (Å²) >= 11 is 0. The molecule has 0 atom stereocenters. The smallest absolute Gasteiger partial charge is 0.405 e. The number of amides is 1. The highest BCUT2D eigenvalue weighted by atomic mass is 19.4. The highest BCUT2D eigenvalue weighted by Crippen LogP contribution is 2.26. The Morgan fingerprint density at radius 1 is 1.15 bits per heavy atom. The van der Waals surface area contributed by atoms with Crippen LogP contribution >= 0.6 is 0 Å². The summed E-state index contributed by atoms with van der Waals surface area (Å²) in [6, 6.07) is 5.09. The number of carbonyl (C=O) groups excluding carboxylic acids is 1. The Morgan fingerprint density at radius 3 is 2.46 bits per heavy atom. The molecule has 1 aliphatic rings. The highest BCUT2D eigenvalue weighted by molar-refractivity contribution is 6.06. The second-order valence-corrected chi connectivity index (χ2v) is 5.37. The molecule has 1 N–H and O–H groups in total. The van der Waals surface area contributed by atoms with Crippen molar-refractivity contribution in [1.29, 1.82) is 0 Å². The number of aromatic nitrogens is 2. The van der Waals surface area contributed by atoms with Gasteiger partial charge in [0, 0.05) is 13.1 Å². The van der Waals surface area contributed by atoms with Crippen LogP contribution < -0.4 is 15.0 Å². The van der Waals surface area contributed by atoms with Crippen LogP contribution in [0.5, 0.6) is 5.75 Å². The van der Waals surface area contributed by atoms with E-state index in [-0.39, 0.29) is 11.3 Å². The Bertz CT molecular complexity index is 762. The van der Waals surface area contributed by atoms with Gasteiger partial charge in [-0.1, -0.05) is 12.1 Å². The van der Waals surface area contributed by atoms with Gasteiger partial charge in [0.25, 0.3) is 5.91 Å². The van der Waals surface area contributed by atoms with Crippen molar-refractivity contribution in [3.05, 3.63) is 42.2 Å². The first-order valence-corrected chi connectivity index (χ1v) is 7.73. The van der Waals surface area contributed by atoms with Gasteiger partial charge in [0.1, 0.15) is 5.75 Å². The monoisotopic (exact) mass is 368 g/mol. The number of hydrogen-bond acceptors (Lipinski definition) is 6. The molecule has 7 nitrogen and oxygen atoms in total. The fourth-order valence-corrected chi connectivity index (χ4v) is 2.38. The van der Waals surface area contributed by atoms with Gasteiger partial charge in [-0.2, -0.15) is 0 Å². The fraction of sp³-hybridized carbons (Fsp3) is 0.312. The molecule has 138 valence electrons. The molecule has 1 aliphatic heterocycles. The Kier molecular flexibility index (Phi) is 5.21. The maximum absolute atomic E-state index is 12.4. The zero-order valence-corrected chi connectivity index (χ0v) is 13.5. The van der Waals surface area contributed by atoms with Crippen LogP contribution in [0.15, 0.2) is 36.7 Å². The van der Waals surface area contributed by atoms with Crippen LogP contribution in [0.3, 0.4) is 0 Å². The zero-order valence-electron chi connectivity index (χ0n) is 13.5. The van der Waals surface area contributed by atoms with Gasteiger partial charge in [-0.25, -0.2) is 9.97 Å². The van der Waals surface area contributed by atoms with E-state index in [9.17, 15) is 18.0 Å². The van der Waals surface area contributed by atoms with Crippen LogP contribution in [0.4, 0.5) is 24.8 Å². The lowest BCUT2D eigenvalue weighted by Crippen LogP contribution is -2.37. The third-order valence-corrected chi connectivity index (χ3v) is 3.55. The first-order valence-electron chi connectivity index (χ1n) is 7.73. The Morgan fingerprint density at radius 2 is 1.81 bits per heavy atom. The van der Waals surface area contributed by atoms with Crippen molar-refractivity contribution >= 4 is 17.5 Å². The Balaban J connectivity index is 1.70. The van der Waals surface area contributed by atoms with Crippen molar-refractivity contribution in [3.63, 3.8) is 0 Å². The summed E-state index contributed by atoms with van der Waals surface area (Å²) < 4.78 is 46.5. The molecule has 26 heavy (non-hydrogen) atoms. The Labute approximate surface area is 146 Å². The highest BCUT2D eigenvalue weighted by Gasteiger charge is 2.32.